The second-order valence-electron chi connectivity index (χ2n) is 8.97. The van der Waals surface area contributed by atoms with E-state index >= 15 is 0 Å². The van der Waals surface area contributed by atoms with Crippen LogP contribution in [-0.2, 0) is 24.0 Å². The molecule has 33 heavy (non-hydrogen) atoms. The van der Waals surface area contributed by atoms with Gasteiger partial charge in [0, 0.05) is 36.2 Å². The maximum atomic E-state index is 14.3. The fraction of sp³-hybridized carbons (Fsp3) is 0.520. The first-order valence-electron chi connectivity index (χ1n) is 11.5. The minimum atomic E-state index is -1.88. The van der Waals surface area contributed by atoms with Crippen molar-refractivity contribution in [3.8, 4) is 11.5 Å². The Bertz CT molecular complexity index is 1030. The summed E-state index contributed by atoms with van der Waals surface area (Å²) in [5.41, 5.74) is 5.87. The number of anilines is 1. The van der Waals surface area contributed by atoms with E-state index in [-0.39, 0.29) is 0 Å². The number of aryl methyl sites for hydroxylation is 1. The Balaban J connectivity index is 1.55. The molecule has 1 saturated heterocycles. The summed E-state index contributed by atoms with van der Waals surface area (Å²) in [6.45, 7) is 0.867. The summed E-state index contributed by atoms with van der Waals surface area (Å²) < 4.78 is 31.7. The number of methoxy groups -OCH3 is 1. The molecule has 3 aliphatic rings. The van der Waals surface area contributed by atoms with E-state index in [4.69, 9.17) is 14.2 Å². The lowest BCUT2D eigenvalue weighted by Crippen LogP contribution is -2.53. The molecule has 7 nitrogen and oxygen atoms in total. The number of benzene rings is 2. The van der Waals surface area contributed by atoms with Gasteiger partial charge in [-0.15, -0.1) is 0 Å². The first-order chi connectivity index (χ1) is 16.0. The highest BCUT2D eigenvalue weighted by Crippen LogP contribution is 2.46. The molecule has 3 heterocycles. The lowest BCUT2D eigenvalue weighted by Gasteiger charge is -2.39. The zero-order chi connectivity index (χ0) is 23.1. The molecule has 0 bridgehead atoms. The first kappa shape index (κ1) is 22.4. The molecular weight excluding hydrogens is 429 g/mol. The third-order valence-electron chi connectivity index (χ3n) is 6.89. The standard InChI is InChI=1S/C25H30FNO6/c1-31-24-16-6-8-32-23(16)15(9-13-4-5-14-3-2-7-27-18(14)10-13)11-17(24)25-22(30)21(29)20(26)19(12-28)33-25/h4-5,10-11,19-22,25,27-30H,2-3,6-9,12H2,1H3/t19-,20-,21+,22-,25+/m1/s1. The van der Waals surface area contributed by atoms with Gasteiger partial charge in [0.15, 0.2) is 6.17 Å². The van der Waals surface area contributed by atoms with Crippen LogP contribution in [0.3, 0.4) is 0 Å². The van der Waals surface area contributed by atoms with Crippen molar-refractivity contribution < 1.29 is 33.9 Å². The largest absolute Gasteiger partial charge is 0.496 e. The van der Waals surface area contributed by atoms with Gasteiger partial charge in [0.05, 0.1) is 20.3 Å². The first-order valence-corrected chi connectivity index (χ1v) is 11.5. The van der Waals surface area contributed by atoms with E-state index in [0.717, 1.165) is 47.5 Å². The van der Waals surface area contributed by atoms with Crippen LogP contribution in [0.2, 0.25) is 0 Å². The Morgan fingerprint density at radius 2 is 2.03 bits per heavy atom. The van der Waals surface area contributed by atoms with Crippen LogP contribution in [0.15, 0.2) is 24.3 Å². The van der Waals surface area contributed by atoms with Gasteiger partial charge in [0.1, 0.15) is 35.9 Å². The van der Waals surface area contributed by atoms with Crippen molar-refractivity contribution in [2.75, 3.05) is 32.2 Å². The third kappa shape index (κ3) is 3.95. The lowest BCUT2D eigenvalue weighted by molar-refractivity contribution is -0.214. The van der Waals surface area contributed by atoms with Gasteiger partial charge in [-0.3, -0.25) is 0 Å². The van der Waals surface area contributed by atoms with E-state index in [1.807, 2.05) is 6.07 Å². The Hall–Kier alpha value is -2.39. The number of rotatable bonds is 5. The molecule has 8 heteroatoms. The predicted octanol–water partition coefficient (Wildman–Crippen LogP) is 2.07. The number of halogens is 1. The summed E-state index contributed by atoms with van der Waals surface area (Å²) in [4.78, 5) is 0. The zero-order valence-electron chi connectivity index (χ0n) is 18.6. The number of nitrogens with one attached hydrogen (secondary N) is 1. The number of aliphatic hydroxyl groups is 3. The van der Waals surface area contributed by atoms with Crippen LogP contribution in [0.4, 0.5) is 10.1 Å². The van der Waals surface area contributed by atoms with E-state index in [1.165, 1.54) is 12.7 Å². The van der Waals surface area contributed by atoms with Crippen molar-refractivity contribution in [1.29, 1.82) is 0 Å². The maximum absolute atomic E-state index is 14.3. The molecule has 178 valence electrons. The molecule has 0 unspecified atom stereocenters. The monoisotopic (exact) mass is 459 g/mol. The minimum Gasteiger partial charge on any atom is -0.496 e. The Kier molecular flexibility index (Phi) is 6.18. The van der Waals surface area contributed by atoms with Gasteiger partial charge in [-0.1, -0.05) is 12.1 Å². The lowest BCUT2D eigenvalue weighted by atomic mass is 9.88. The molecule has 2 aromatic rings. The van der Waals surface area contributed by atoms with Crippen LogP contribution >= 0.6 is 0 Å². The molecule has 0 aliphatic carbocycles. The average molecular weight is 460 g/mol. The van der Waals surface area contributed by atoms with E-state index < -0.39 is 37.2 Å². The third-order valence-corrected chi connectivity index (χ3v) is 6.89. The van der Waals surface area contributed by atoms with Gasteiger partial charge in [-0.2, -0.15) is 0 Å². The van der Waals surface area contributed by atoms with Crippen molar-refractivity contribution >= 4 is 5.69 Å². The van der Waals surface area contributed by atoms with Crippen LogP contribution in [0, 0.1) is 0 Å². The van der Waals surface area contributed by atoms with Crippen LogP contribution < -0.4 is 14.8 Å². The zero-order valence-corrected chi connectivity index (χ0v) is 18.6. The van der Waals surface area contributed by atoms with Gasteiger partial charge in [-0.05, 0) is 41.7 Å². The van der Waals surface area contributed by atoms with Crippen LogP contribution in [0.1, 0.15) is 40.3 Å². The summed E-state index contributed by atoms with van der Waals surface area (Å²) in [5.74, 6) is 1.26. The molecule has 2 aromatic carbocycles. The molecule has 1 fully saturated rings. The van der Waals surface area contributed by atoms with Crippen LogP contribution in [0.25, 0.3) is 0 Å². The quantitative estimate of drug-likeness (QED) is 0.543. The van der Waals surface area contributed by atoms with Crippen LogP contribution in [0.5, 0.6) is 11.5 Å². The number of aliphatic hydroxyl groups excluding tert-OH is 3. The molecule has 0 radical (unpaired) electrons. The molecule has 0 saturated carbocycles. The SMILES string of the molecule is COc1c([C@@H]2O[C@H](CO)[C@@H](F)[C@H](O)[C@H]2O)cc(Cc2ccc3c(c2)NCCC3)c2c1CCO2. The summed E-state index contributed by atoms with van der Waals surface area (Å²) in [5, 5.41) is 33.9. The fourth-order valence-corrected chi connectivity index (χ4v) is 5.21. The number of hydrogen-bond acceptors (Lipinski definition) is 7. The topological polar surface area (TPSA) is 100 Å². The number of fused-ring (bicyclic) bond motifs is 2. The summed E-state index contributed by atoms with van der Waals surface area (Å²) in [7, 11) is 1.53. The highest BCUT2D eigenvalue weighted by atomic mass is 19.1. The minimum absolute atomic E-state index is 0.503. The van der Waals surface area contributed by atoms with E-state index in [9.17, 15) is 19.7 Å². The van der Waals surface area contributed by atoms with Crippen LogP contribution in [-0.4, -0.2) is 66.7 Å². The molecule has 0 amide bonds. The number of hydrogen-bond donors (Lipinski definition) is 4. The van der Waals surface area contributed by atoms with Crippen molar-refractivity contribution in [3.63, 3.8) is 0 Å². The normalized spacial score (nSPS) is 28.5. The van der Waals surface area contributed by atoms with Crippen molar-refractivity contribution in [2.24, 2.45) is 0 Å². The molecule has 4 N–H and O–H groups in total. The maximum Gasteiger partial charge on any atom is 0.157 e. The molecular formula is C25H30FNO6. The summed E-state index contributed by atoms with van der Waals surface area (Å²) in [6.07, 6.45) is -3.93. The fourth-order valence-electron chi connectivity index (χ4n) is 5.21. The van der Waals surface area contributed by atoms with E-state index in [1.54, 1.807) is 0 Å². The predicted molar refractivity (Wildman–Crippen MR) is 120 cm³/mol. The van der Waals surface area contributed by atoms with Gasteiger partial charge in [0.2, 0.25) is 0 Å². The average Bonchev–Trinajstić information content (AvgIpc) is 3.33. The van der Waals surface area contributed by atoms with Crippen molar-refractivity contribution in [1.82, 2.24) is 0 Å². The second-order valence-corrected chi connectivity index (χ2v) is 8.97. The van der Waals surface area contributed by atoms with Gasteiger partial charge >= 0.3 is 0 Å². The number of ether oxygens (including phenoxy) is 3. The Morgan fingerprint density at radius 1 is 1.18 bits per heavy atom. The van der Waals surface area contributed by atoms with Gasteiger partial charge in [0.25, 0.3) is 0 Å². The van der Waals surface area contributed by atoms with Crippen molar-refractivity contribution in [2.45, 2.75) is 56.3 Å². The molecule has 3 aliphatic heterocycles. The highest BCUT2D eigenvalue weighted by molar-refractivity contribution is 5.60. The summed E-state index contributed by atoms with van der Waals surface area (Å²) in [6, 6.07) is 8.27. The van der Waals surface area contributed by atoms with Gasteiger partial charge < -0.3 is 34.8 Å². The highest BCUT2D eigenvalue weighted by Gasteiger charge is 2.46. The Labute approximate surface area is 192 Å². The smallest absolute Gasteiger partial charge is 0.157 e. The Morgan fingerprint density at radius 3 is 2.82 bits per heavy atom. The molecule has 5 rings (SSSR count). The van der Waals surface area contributed by atoms with Crippen molar-refractivity contribution in [3.05, 3.63) is 52.1 Å². The van der Waals surface area contributed by atoms with E-state index in [0.29, 0.717) is 30.8 Å². The summed E-state index contributed by atoms with van der Waals surface area (Å²) >= 11 is 0. The van der Waals surface area contributed by atoms with E-state index in [2.05, 4.69) is 23.5 Å². The van der Waals surface area contributed by atoms with Gasteiger partial charge in [-0.25, -0.2) is 4.39 Å². The molecule has 0 spiro atoms. The second kappa shape index (κ2) is 9.10. The number of alkyl halides is 1. The molecule has 0 aromatic heterocycles. The molecule has 5 atom stereocenters.